The number of hydrogen-bond donors (Lipinski definition) is 2. The first-order chi connectivity index (χ1) is 11.7. The van der Waals surface area contributed by atoms with Gasteiger partial charge in [0.15, 0.2) is 0 Å². The third-order valence-electron chi connectivity index (χ3n) is 4.34. The van der Waals surface area contributed by atoms with Gasteiger partial charge in [0.05, 0.1) is 5.52 Å². The smallest absolute Gasteiger partial charge is 0.410 e. The monoisotopic (exact) mass is 347 g/mol. The third-order valence-corrected chi connectivity index (χ3v) is 4.34. The van der Waals surface area contributed by atoms with Gasteiger partial charge < -0.3 is 20.4 Å². The van der Waals surface area contributed by atoms with E-state index in [-0.39, 0.29) is 17.7 Å². The van der Waals surface area contributed by atoms with Crippen molar-refractivity contribution >= 4 is 22.9 Å². The van der Waals surface area contributed by atoms with E-state index in [9.17, 15) is 9.59 Å². The van der Waals surface area contributed by atoms with E-state index in [0.29, 0.717) is 31.0 Å². The number of carbonyl (C=O) groups excluding carboxylic acids is 1. The fourth-order valence-corrected chi connectivity index (χ4v) is 3.25. The molecule has 3 N–H and O–H groups in total. The number of anilines is 1. The van der Waals surface area contributed by atoms with Crippen LogP contribution in [0.1, 0.15) is 33.6 Å². The second-order valence-corrected chi connectivity index (χ2v) is 7.57. The number of aromatic amines is 1. The second-order valence-electron chi connectivity index (χ2n) is 7.57. The van der Waals surface area contributed by atoms with E-state index < -0.39 is 5.60 Å². The van der Waals surface area contributed by atoms with E-state index >= 15 is 0 Å². The predicted molar refractivity (Wildman–Crippen MR) is 95.3 cm³/mol. The number of imidazole rings is 1. The maximum atomic E-state index is 12.3. The molecule has 2 aromatic rings. The molecule has 1 unspecified atom stereocenters. The molecule has 0 aliphatic carbocycles. The number of hydrogen-bond acceptors (Lipinski definition) is 5. The fraction of sp³-hybridized carbons (Fsp3) is 0.588. The molecule has 0 aromatic carbocycles. The van der Waals surface area contributed by atoms with Crippen LogP contribution in [0.25, 0.3) is 11.0 Å². The number of H-pyrrole nitrogens is 1. The topological polar surface area (TPSA) is 106 Å². The van der Waals surface area contributed by atoms with Gasteiger partial charge >= 0.3 is 11.8 Å². The van der Waals surface area contributed by atoms with Crippen molar-refractivity contribution in [3.63, 3.8) is 0 Å². The molecular weight excluding hydrogens is 322 g/mol. The summed E-state index contributed by atoms with van der Waals surface area (Å²) in [6.45, 7) is 7.37. The van der Waals surface area contributed by atoms with Crippen molar-refractivity contribution in [2.75, 3.05) is 18.8 Å². The molecule has 1 saturated heterocycles. The molecule has 0 bridgehead atoms. The highest BCUT2D eigenvalue weighted by Gasteiger charge is 2.28. The Hall–Kier alpha value is -2.51. The summed E-state index contributed by atoms with van der Waals surface area (Å²) in [7, 11) is 0. The molecule has 1 atom stereocenters. The van der Waals surface area contributed by atoms with E-state index in [2.05, 4.69) is 9.97 Å². The van der Waals surface area contributed by atoms with Gasteiger partial charge in [-0.1, -0.05) is 0 Å². The molecule has 25 heavy (non-hydrogen) atoms. The quantitative estimate of drug-likeness (QED) is 0.863. The van der Waals surface area contributed by atoms with Gasteiger partial charge in [-0.05, 0) is 45.6 Å². The van der Waals surface area contributed by atoms with Crippen LogP contribution in [0, 0.1) is 5.92 Å². The number of ether oxygens (including phenoxy) is 1. The third kappa shape index (κ3) is 3.78. The zero-order chi connectivity index (χ0) is 18.2. The van der Waals surface area contributed by atoms with Crippen LogP contribution in [0.5, 0.6) is 0 Å². The summed E-state index contributed by atoms with van der Waals surface area (Å²) in [5.74, 6) is 0.500. The Labute approximate surface area is 146 Å². The fourth-order valence-electron chi connectivity index (χ4n) is 3.25. The van der Waals surface area contributed by atoms with Gasteiger partial charge in [-0.15, -0.1) is 0 Å². The molecular formula is C17H25N5O3. The van der Waals surface area contributed by atoms with Crippen LogP contribution in [0.3, 0.4) is 0 Å². The van der Waals surface area contributed by atoms with Crippen molar-refractivity contribution in [2.24, 2.45) is 5.92 Å². The number of nitrogen functional groups attached to an aromatic ring is 1. The lowest BCUT2D eigenvalue weighted by Crippen LogP contribution is -2.44. The highest BCUT2D eigenvalue weighted by molar-refractivity contribution is 5.84. The van der Waals surface area contributed by atoms with Crippen molar-refractivity contribution in [3.05, 3.63) is 22.7 Å². The predicted octanol–water partition coefficient (Wildman–Crippen LogP) is 1.95. The van der Waals surface area contributed by atoms with E-state index in [1.54, 1.807) is 21.7 Å². The molecule has 2 aromatic heterocycles. The Kier molecular flexibility index (Phi) is 4.45. The highest BCUT2D eigenvalue weighted by Crippen LogP contribution is 2.22. The first kappa shape index (κ1) is 17.3. The van der Waals surface area contributed by atoms with Crippen LogP contribution in [-0.4, -0.2) is 44.2 Å². The number of rotatable bonds is 2. The van der Waals surface area contributed by atoms with Crippen LogP contribution >= 0.6 is 0 Å². The molecule has 0 spiro atoms. The molecule has 0 saturated carbocycles. The molecule has 3 rings (SSSR count). The lowest BCUT2D eigenvalue weighted by Gasteiger charge is -2.34. The summed E-state index contributed by atoms with van der Waals surface area (Å²) in [6.07, 6.45) is 3.15. The number of nitrogens with zero attached hydrogens (tertiary/aromatic N) is 3. The largest absolute Gasteiger partial charge is 0.444 e. The van der Waals surface area contributed by atoms with Crippen LogP contribution in [0.2, 0.25) is 0 Å². The van der Waals surface area contributed by atoms with Gasteiger partial charge in [-0.25, -0.2) is 14.6 Å². The Balaban J connectivity index is 1.76. The number of pyridine rings is 1. The van der Waals surface area contributed by atoms with Crippen molar-refractivity contribution in [1.29, 1.82) is 0 Å². The number of carbonyl (C=O) groups is 1. The van der Waals surface area contributed by atoms with Crippen molar-refractivity contribution in [2.45, 2.75) is 45.8 Å². The summed E-state index contributed by atoms with van der Waals surface area (Å²) in [6, 6.07) is 1.78. The Morgan fingerprint density at radius 2 is 2.24 bits per heavy atom. The number of nitrogens with two attached hydrogens (primary N) is 1. The first-order valence-electron chi connectivity index (χ1n) is 8.55. The summed E-state index contributed by atoms with van der Waals surface area (Å²) in [5, 5.41) is 0. The normalized spacial score (nSPS) is 18.5. The van der Waals surface area contributed by atoms with Gasteiger partial charge in [0.25, 0.3) is 0 Å². The molecule has 0 radical (unpaired) electrons. The summed E-state index contributed by atoms with van der Waals surface area (Å²) in [4.78, 5) is 33.1. The maximum Gasteiger partial charge on any atom is 0.410 e. The first-order valence-corrected chi connectivity index (χ1v) is 8.55. The van der Waals surface area contributed by atoms with Crippen molar-refractivity contribution < 1.29 is 9.53 Å². The molecule has 1 fully saturated rings. The van der Waals surface area contributed by atoms with Crippen LogP contribution in [0.4, 0.5) is 10.6 Å². The minimum Gasteiger partial charge on any atom is -0.444 e. The molecule has 1 amide bonds. The average Bonchev–Trinajstić information content (AvgIpc) is 2.84. The van der Waals surface area contributed by atoms with Gasteiger partial charge in [0.2, 0.25) is 0 Å². The Morgan fingerprint density at radius 3 is 2.96 bits per heavy atom. The van der Waals surface area contributed by atoms with Crippen LogP contribution < -0.4 is 11.4 Å². The Bertz CT molecular complexity index is 833. The van der Waals surface area contributed by atoms with E-state index in [0.717, 1.165) is 18.4 Å². The number of fused-ring (bicyclic) bond motifs is 1. The Morgan fingerprint density at radius 1 is 1.48 bits per heavy atom. The number of aromatic nitrogens is 3. The van der Waals surface area contributed by atoms with Gasteiger partial charge in [-0.3, -0.25) is 4.57 Å². The van der Waals surface area contributed by atoms with E-state index in [4.69, 9.17) is 10.5 Å². The highest BCUT2D eigenvalue weighted by atomic mass is 16.6. The van der Waals surface area contributed by atoms with E-state index in [1.165, 1.54) is 0 Å². The second kappa shape index (κ2) is 6.42. The lowest BCUT2D eigenvalue weighted by molar-refractivity contribution is 0.0157. The summed E-state index contributed by atoms with van der Waals surface area (Å²) < 4.78 is 7.14. The van der Waals surface area contributed by atoms with Crippen LogP contribution in [-0.2, 0) is 11.3 Å². The molecule has 8 nitrogen and oxygen atoms in total. The van der Waals surface area contributed by atoms with E-state index in [1.807, 2.05) is 20.8 Å². The zero-order valence-corrected chi connectivity index (χ0v) is 14.9. The molecule has 1 aliphatic heterocycles. The molecule has 3 heterocycles. The molecule has 1 aliphatic rings. The summed E-state index contributed by atoms with van der Waals surface area (Å²) >= 11 is 0. The number of piperidine rings is 1. The lowest BCUT2D eigenvalue weighted by atomic mass is 9.98. The van der Waals surface area contributed by atoms with Gasteiger partial charge in [-0.2, -0.15) is 0 Å². The molecule has 8 heteroatoms. The SMILES string of the molecule is CC(C)(C)OC(=O)N1CCCC(Cn2c(=O)[nH]c3c(N)nccc32)C1. The zero-order valence-electron chi connectivity index (χ0n) is 14.9. The van der Waals surface area contributed by atoms with Crippen molar-refractivity contribution in [1.82, 2.24) is 19.4 Å². The minimum atomic E-state index is -0.512. The number of amides is 1. The maximum absolute atomic E-state index is 12.3. The number of likely N-dealkylation sites (tertiary alicyclic amines) is 1. The molecule has 136 valence electrons. The van der Waals surface area contributed by atoms with Gasteiger partial charge in [0.1, 0.15) is 16.9 Å². The van der Waals surface area contributed by atoms with Crippen LogP contribution in [0.15, 0.2) is 17.1 Å². The van der Waals surface area contributed by atoms with Crippen molar-refractivity contribution in [3.8, 4) is 0 Å². The summed E-state index contributed by atoms with van der Waals surface area (Å²) in [5.41, 5.74) is 6.42. The standard InChI is InChI=1S/C17H25N5O3/c1-17(2,3)25-16(24)21-8-4-5-11(9-21)10-22-12-6-7-19-14(18)13(12)20-15(22)23/h6-7,11H,4-5,8-10H2,1-3H3,(H2,18,19)(H,20,23). The minimum absolute atomic E-state index is 0.187. The number of nitrogens with one attached hydrogen (secondary N) is 1. The van der Waals surface area contributed by atoms with Gasteiger partial charge in [0, 0.05) is 25.8 Å². The average molecular weight is 347 g/mol.